The molecule has 0 aliphatic rings. The summed E-state index contributed by atoms with van der Waals surface area (Å²) in [6.07, 6.45) is 0. The van der Waals surface area contributed by atoms with Crippen LogP contribution in [-0.4, -0.2) is 32.6 Å². The molecule has 0 atom stereocenters. The van der Waals surface area contributed by atoms with Gasteiger partial charge in [-0.3, -0.25) is 4.72 Å². The molecule has 2 aromatic carbocycles. The van der Waals surface area contributed by atoms with Crippen LogP contribution in [0, 0.1) is 0 Å². The van der Waals surface area contributed by atoms with Gasteiger partial charge in [-0.05, 0) is 12.1 Å². The fraction of sp³-hybridized carbons (Fsp3) is 0.100. The molecule has 2 N–H and O–H groups in total. The number of rotatable bonds is 7. The Morgan fingerprint density at radius 1 is 0.938 bits per heavy atom. The number of fused-ring (bicyclic) bond motifs is 1. The molecule has 32 heavy (non-hydrogen) atoms. The van der Waals surface area contributed by atoms with Crippen molar-refractivity contribution in [2.45, 2.75) is 4.21 Å². The average molecular weight is 511 g/mol. The summed E-state index contributed by atoms with van der Waals surface area (Å²) in [6.45, 7) is 0. The predicted molar refractivity (Wildman–Crippen MR) is 128 cm³/mol. The van der Waals surface area contributed by atoms with E-state index < -0.39 is 10.0 Å². The maximum Gasteiger partial charge on any atom is 0.274 e. The molecule has 0 unspecified atom stereocenters. The molecule has 4 rings (SSSR count). The van der Waals surface area contributed by atoms with Crippen molar-refractivity contribution in [3.05, 3.63) is 57.9 Å². The first-order valence-electron chi connectivity index (χ1n) is 9.03. The third-order valence-corrected chi connectivity index (χ3v) is 8.33. The van der Waals surface area contributed by atoms with Crippen molar-refractivity contribution in [1.29, 1.82) is 0 Å². The quantitative estimate of drug-likeness (QED) is 0.335. The number of halogens is 2. The van der Waals surface area contributed by atoms with Crippen molar-refractivity contribution in [3.8, 4) is 11.5 Å². The summed E-state index contributed by atoms with van der Waals surface area (Å²) in [7, 11) is -1.01. The monoisotopic (exact) mass is 510 g/mol. The van der Waals surface area contributed by atoms with Gasteiger partial charge in [-0.25, -0.2) is 18.4 Å². The molecule has 0 fully saturated rings. The number of para-hydroxylation sites is 2. The molecule has 8 nitrogen and oxygen atoms in total. The van der Waals surface area contributed by atoms with Crippen LogP contribution in [0.1, 0.15) is 0 Å². The van der Waals surface area contributed by atoms with Crippen molar-refractivity contribution in [3.63, 3.8) is 0 Å². The third kappa shape index (κ3) is 4.53. The lowest BCUT2D eigenvalue weighted by atomic mass is 10.2. The van der Waals surface area contributed by atoms with Crippen LogP contribution < -0.4 is 19.5 Å². The fourth-order valence-electron chi connectivity index (χ4n) is 2.84. The molecule has 0 amide bonds. The highest BCUT2D eigenvalue weighted by Gasteiger charge is 2.25. The van der Waals surface area contributed by atoms with E-state index in [1.54, 1.807) is 36.4 Å². The largest absolute Gasteiger partial charge is 0.497 e. The first-order valence-corrected chi connectivity index (χ1v) is 12.1. The number of ether oxygens (including phenoxy) is 2. The van der Waals surface area contributed by atoms with Gasteiger partial charge in [-0.2, -0.15) is 0 Å². The van der Waals surface area contributed by atoms with Crippen LogP contribution in [0.5, 0.6) is 11.5 Å². The number of sulfonamides is 1. The molecule has 0 bridgehead atoms. The van der Waals surface area contributed by atoms with Gasteiger partial charge >= 0.3 is 0 Å². The maximum atomic E-state index is 13.0. The van der Waals surface area contributed by atoms with Crippen LogP contribution >= 0.6 is 34.5 Å². The highest BCUT2D eigenvalue weighted by molar-refractivity contribution is 7.94. The molecule has 0 spiro atoms. The molecule has 166 valence electrons. The van der Waals surface area contributed by atoms with E-state index in [2.05, 4.69) is 20.0 Å². The Labute approximate surface area is 198 Å². The zero-order valence-electron chi connectivity index (χ0n) is 16.7. The second-order valence-corrected chi connectivity index (χ2v) is 9.97. The molecule has 0 radical (unpaired) electrons. The van der Waals surface area contributed by atoms with E-state index in [1.165, 1.54) is 19.6 Å². The number of nitrogens with one attached hydrogen (secondary N) is 2. The Morgan fingerprint density at radius 3 is 2.06 bits per heavy atom. The summed E-state index contributed by atoms with van der Waals surface area (Å²) < 4.78 is 38.9. The molecular formula is C20H16Cl2N4O4S2. The molecule has 2 aromatic heterocycles. The normalized spacial score (nSPS) is 11.4. The van der Waals surface area contributed by atoms with E-state index in [0.29, 0.717) is 28.2 Å². The smallest absolute Gasteiger partial charge is 0.274 e. The summed E-state index contributed by atoms with van der Waals surface area (Å²) in [5.74, 6) is 1.26. The van der Waals surface area contributed by atoms with Gasteiger partial charge in [0.1, 0.15) is 11.5 Å². The Bertz CT molecular complexity index is 1390. The average Bonchev–Trinajstić information content (AvgIpc) is 3.12. The van der Waals surface area contributed by atoms with E-state index in [1.807, 2.05) is 6.07 Å². The summed E-state index contributed by atoms with van der Waals surface area (Å²) in [4.78, 5) is 9.00. The Morgan fingerprint density at radius 2 is 1.53 bits per heavy atom. The number of nitrogens with zero attached hydrogens (tertiary/aromatic N) is 2. The van der Waals surface area contributed by atoms with E-state index >= 15 is 0 Å². The van der Waals surface area contributed by atoms with Crippen molar-refractivity contribution < 1.29 is 17.9 Å². The summed E-state index contributed by atoms with van der Waals surface area (Å²) in [5.41, 5.74) is 1.64. The Balaban J connectivity index is 1.80. The van der Waals surface area contributed by atoms with E-state index in [-0.39, 0.29) is 25.9 Å². The summed E-state index contributed by atoms with van der Waals surface area (Å²) in [6, 6.07) is 12.2. The maximum absolute atomic E-state index is 13.0. The fourth-order valence-corrected chi connectivity index (χ4v) is 5.89. The molecule has 0 saturated heterocycles. The molecular weight excluding hydrogens is 495 g/mol. The van der Waals surface area contributed by atoms with Gasteiger partial charge in [0.2, 0.25) is 0 Å². The minimum Gasteiger partial charge on any atom is -0.497 e. The number of hydrogen-bond donors (Lipinski definition) is 2. The number of anilines is 3. The molecule has 12 heteroatoms. The van der Waals surface area contributed by atoms with Gasteiger partial charge in [0.05, 0.1) is 35.3 Å². The van der Waals surface area contributed by atoms with Crippen LogP contribution in [0.3, 0.4) is 0 Å². The van der Waals surface area contributed by atoms with Crippen molar-refractivity contribution >= 4 is 72.9 Å². The predicted octanol–water partition coefficient (Wildman–Crippen LogP) is 5.56. The van der Waals surface area contributed by atoms with Crippen molar-refractivity contribution in [2.75, 3.05) is 24.3 Å². The second-order valence-electron chi connectivity index (χ2n) is 6.43. The molecule has 0 saturated carbocycles. The molecule has 0 aliphatic heterocycles. The van der Waals surface area contributed by atoms with Crippen LogP contribution in [0.25, 0.3) is 11.0 Å². The summed E-state index contributed by atoms with van der Waals surface area (Å²) >= 11 is 12.9. The number of thiophene rings is 1. The van der Waals surface area contributed by atoms with Crippen molar-refractivity contribution in [1.82, 2.24) is 9.97 Å². The summed E-state index contributed by atoms with van der Waals surface area (Å²) in [5, 5.41) is 4.65. The lowest BCUT2D eigenvalue weighted by molar-refractivity contribution is 0.395. The highest BCUT2D eigenvalue weighted by Crippen LogP contribution is 2.37. The number of hydrogen-bond acceptors (Lipinski definition) is 8. The first kappa shape index (κ1) is 22.4. The third-order valence-electron chi connectivity index (χ3n) is 4.32. The highest BCUT2D eigenvalue weighted by atomic mass is 35.5. The molecule has 4 aromatic rings. The minimum absolute atomic E-state index is 0.00826. The lowest BCUT2D eigenvalue weighted by Gasteiger charge is -2.15. The molecule has 0 aliphatic carbocycles. The zero-order chi connectivity index (χ0) is 22.9. The zero-order valence-corrected chi connectivity index (χ0v) is 19.9. The standard InChI is InChI=1S/C20H16Cl2N4O4S2/c1-29-12-7-11(8-13(9-12)30-2)23-18-19(25-16-6-4-3-5-15(16)24-18)26-32(27,28)20-17(22)14(21)10-31-20/h3-10H,1-2H3,(H,23,24)(H,25,26). The number of benzene rings is 2. The Kier molecular flexibility index (Phi) is 6.29. The second kappa shape index (κ2) is 8.99. The molecule has 2 heterocycles. The first-order chi connectivity index (χ1) is 15.3. The van der Waals surface area contributed by atoms with Crippen LogP contribution in [0.2, 0.25) is 10.0 Å². The minimum atomic E-state index is -4.07. The lowest BCUT2D eigenvalue weighted by Crippen LogP contribution is -2.15. The van der Waals surface area contributed by atoms with Gasteiger partial charge < -0.3 is 14.8 Å². The van der Waals surface area contributed by atoms with Gasteiger partial charge in [0, 0.05) is 29.3 Å². The van der Waals surface area contributed by atoms with Gasteiger partial charge in [0.15, 0.2) is 15.8 Å². The topological polar surface area (TPSA) is 102 Å². The van der Waals surface area contributed by atoms with Gasteiger partial charge in [-0.1, -0.05) is 35.3 Å². The van der Waals surface area contributed by atoms with Gasteiger partial charge in [0.25, 0.3) is 10.0 Å². The van der Waals surface area contributed by atoms with Crippen LogP contribution in [0.15, 0.2) is 52.1 Å². The number of methoxy groups -OCH3 is 2. The Hall–Kier alpha value is -2.79. The number of aromatic nitrogens is 2. The van der Waals surface area contributed by atoms with E-state index in [4.69, 9.17) is 32.7 Å². The van der Waals surface area contributed by atoms with Crippen molar-refractivity contribution in [2.24, 2.45) is 0 Å². The van der Waals surface area contributed by atoms with Crippen LogP contribution in [0.4, 0.5) is 17.3 Å². The SMILES string of the molecule is COc1cc(Nc2nc3ccccc3nc2NS(=O)(=O)c2scc(Cl)c2Cl)cc(OC)c1. The van der Waals surface area contributed by atoms with E-state index in [0.717, 1.165) is 11.3 Å². The van der Waals surface area contributed by atoms with Crippen LogP contribution in [-0.2, 0) is 10.0 Å². The van der Waals surface area contributed by atoms with Gasteiger partial charge in [-0.15, -0.1) is 11.3 Å². The van der Waals surface area contributed by atoms with E-state index in [9.17, 15) is 8.42 Å².